The largest absolute Gasteiger partial charge is 0.376 e. The van der Waals surface area contributed by atoms with Crippen LogP contribution in [-0.2, 0) is 38.2 Å². The van der Waals surface area contributed by atoms with Gasteiger partial charge in [0.1, 0.15) is 0 Å². The highest BCUT2D eigenvalue weighted by Crippen LogP contribution is 2.31. The van der Waals surface area contributed by atoms with Gasteiger partial charge in [-0.1, -0.05) is 30.3 Å². The van der Waals surface area contributed by atoms with Gasteiger partial charge >= 0.3 is 0 Å². The first-order valence-electron chi connectivity index (χ1n) is 10.7. The maximum atomic E-state index is 13.2. The van der Waals surface area contributed by atoms with Crippen LogP contribution in [0.15, 0.2) is 41.7 Å². The molecule has 1 saturated heterocycles. The summed E-state index contributed by atoms with van der Waals surface area (Å²) in [6, 6.07) is 9.14. The molecule has 1 aromatic carbocycles. The summed E-state index contributed by atoms with van der Waals surface area (Å²) in [4.78, 5) is 18.7. The van der Waals surface area contributed by atoms with E-state index in [2.05, 4.69) is 4.98 Å². The molecule has 8 heteroatoms. The van der Waals surface area contributed by atoms with Crippen molar-refractivity contribution in [2.75, 3.05) is 13.2 Å². The number of carbonyl (C=O) groups excluding carboxylic acids is 1. The lowest BCUT2D eigenvalue weighted by atomic mass is 10.2. The molecule has 1 amide bonds. The molecular weight excluding hydrogens is 402 g/mol. The van der Waals surface area contributed by atoms with Gasteiger partial charge in [0.15, 0.2) is 0 Å². The number of hydrogen-bond acceptors (Lipinski definition) is 5. The predicted octanol–water partition coefficient (Wildman–Crippen LogP) is 2.79. The second kappa shape index (κ2) is 8.89. The molecule has 0 bridgehead atoms. The van der Waals surface area contributed by atoms with E-state index in [0.29, 0.717) is 26.2 Å². The molecule has 162 valence electrons. The van der Waals surface area contributed by atoms with E-state index >= 15 is 0 Å². The second-order valence-corrected chi connectivity index (χ2v) is 10.0. The molecule has 0 N–H and O–H groups in total. The van der Waals surface area contributed by atoms with Gasteiger partial charge in [-0.25, -0.2) is 13.4 Å². The quantitative estimate of drug-likeness (QED) is 0.610. The number of aromatic nitrogens is 2. The van der Waals surface area contributed by atoms with E-state index in [9.17, 15) is 13.2 Å². The molecule has 2 fully saturated rings. The summed E-state index contributed by atoms with van der Waals surface area (Å²) in [6.45, 7) is 4.04. The van der Waals surface area contributed by atoms with E-state index in [1.54, 1.807) is 27.8 Å². The average molecular weight is 432 g/mol. The van der Waals surface area contributed by atoms with Crippen molar-refractivity contribution in [1.82, 2.24) is 14.5 Å². The van der Waals surface area contributed by atoms with Crippen LogP contribution in [0, 0.1) is 5.92 Å². The third-order valence-corrected chi connectivity index (χ3v) is 7.36. The zero-order valence-corrected chi connectivity index (χ0v) is 18.2. The fraction of sp³-hybridized carbons (Fsp3) is 0.545. The van der Waals surface area contributed by atoms with Crippen molar-refractivity contribution < 1.29 is 17.9 Å². The molecule has 1 aromatic heterocycles. The van der Waals surface area contributed by atoms with Gasteiger partial charge in [0, 0.05) is 19.1 Å². The Hall–Kier alpha value is -2.19. The molecule has 2 aliphatic rings. The molecule has 7 nitrogen and oxygen atoms in total. The Morgan fingerprint density at radius 3 is 2.63 bits per heavy atom. The molecule has 1 aliphatic carbocycles. The number of sulfone groups is 1. The molecule has 2 heterocycles. The summed E-state index contributed by atoms with van der Waals surface area (Å²) in [5, 5.41) is 0.0618. The summed E-state index contributed by atoms with van der Waals surface area (Å²) in [5.41, 5.74) is 1.47. The number of carbonyl (C=O) groups is 1. The molecule has 1 atom stereocenters. The first-order chi connectivity index (χ1) is 14.5. The Kier molecular flexibility index (Phi) is 6.24. The number of ether oxygens (including phenoxy) is 1. The Bertz CT molecular complexity index is 977. The SMILES string of the molecule is CCN(Cc1cnc(S(=O)(=O)Cc2ccccc2)n1CC1CCCO1)C(=O)C1CC1. The van der Waals surface area contributed by atoms with Gasteiger partial charge in [-0.2, -0.15) is 0 Å². The van der Waals surface area contributed by atoms with E-state index in [1.807, 2.05) is 25.1 Å². The molecule has 1 aliphatic heterocycles. The van der Waals surface area contributed by atoms with Crippen LogP contribution in [0.5, 0.6) is 0 Å². The maximum Gasteiger partial charge on any atom is 0.228 e. The molecule has 0 radical (unpaired) electrons. The Morgan fingerprint density at radius 1 is 1.23 bits per heavy atom. The molecule has 0 spiro atoms. The normalized spacial score (nSPS) is 19.2. The van der Waals surface area contributed by atoms with E-state index in [4.69, 9.17) is 4.74 Å². The molecule has 1 saturated carbocycles. The molecule has 30 heavy (non-hydrogen) atoms. The smallest absolute Gasteiger partial charge is 0.228 e. The van der Waals surface area contributed by atoms with Crippen LogP contribution < -0.4 is 0 Å². The summed E-state index contributed by atoms with van der Waals surface area (Å²) < 4.78 is 34.0. The van der Waals surface area contributed by atoms with Crippen LogP contribution in [0.2, 0.25) is 0 Å². The Labute approximate surface area is 178 Å². The van der Waals surface area contributed by atoms with Crippen LogP contribution >= 0.6 is 0 Å². The highest BCUT2D eigenvalue weighted by atomic mass is 32.2. The maximum absolute atomic E-state index is 13.2. The van der Waals surface area contributed by atoms with Gasteiger partial charge in [-0.3, -0.25) is 4.79 Å². The van der Waals surface area contributed by atoms with Crippen molar-refractivity contribution in [3.8, 4) is 0 Å². The number of hydrogen-bond donors (Lipinski definition) is 0. The summed E-state index contributed by atoms with van der Waals surface area (Å²) in [6.07, 6.45) is 5.34. The van der Waals surface area contributed by atoms with Gasteiger partial charge < -0.3 is 14.2 Å². The zero-order chi connectivity index (χ0) is 21.1. The fourth-order valence-electron chi connectivity index (χ4n) is 3.94. The van der Waals surface area contributed by atoms with Crippen LogP contribution in [0.25, 0.3) is 0 Å². The van der Waals surface area contributed by atoms with Gasteiger partial charge in [-0.15, -0.1) is 0 Å². The van der Waals surface area contributed by atoms with Crippen molar-refractivity contribution in [2.24, 2.45) is 5.92 Å². The second-order valence-electron chi connectivity index (χ2n) is 8.15. The number of amides is 1. The lowest BCUT2D eigenvalue weighted by molar-refractivity contribution is -0.133. The van der Waals surface area contributed by atoms with Crippen molar-refractivity contribution in [1.29, 1.82) is 0 Å². The predicted molar refractivity (Wildman–Crippen MR) is 112 cm³/mol. The van der Waals surface area contributed by atoms with Crippen LogP contribution in [-0.4, -0.2) is 48.0 Å². The topological polar surface area (TPSA) is 81.5 Å². The van der Waals surface area contributed by atoms with Crippen molar-refractivity contribution in [2.45, 2.75) is 62.7 Å². The minimum Gasteiger partial charge on any atom is -0.376 e. The van der Waals surface area contributed by atoms with Crippen molar-refractivity contribution in [3.05, 3.63) is 47.8 Å². The molecule has 1 unspecified atom stereocenters. The fourth-order valence-corrected chi connectivity index (χ4v) is 5.44. The Morgan fingerprint density at radius 2 is 2.00 bits per heavy atom. The van der Waals surface area contributed by atoms with Gasteiger partial charge in [0.25, 0.3) is 0 Å². The standard InChI is InChI=1S/C22H29N3O4S/c1-2-24(21(26)18-10-11-18)14-19-13-23-22(25(19)15-20-9-6-12-29-20)30(27,28)16-17-7-4-3-5-8-17/h3-5,7-8,13,18,20H,2,6,9-12,14-16H2,1H3. The van der Waals surface area contributed by atoms with E-state index < -0.39 is 9.84 Å². The first-order valence-corrected chi connectivity index (χ1v) is 12.3. The van der Waals surface area contributed by atoms with E-state index in [1.165, 1.54) is 0 Å². The lowest BCUT2D eigenvalue weighted by Crippen LogP contribution is -2.33. The third kappa shape index (κ3) is 4.75. The first kappa shape index (κ1) is 21.1. The summed E-state index contributed by atoms with van der Waals surface area (Å²) in [7, 11) is -3.64. The van der Waals surface area contributed by atoms with E-state index in [-0.39, 0.29) is 28.8 Å². The Balaban J connectivity index is 1.63. The van der Waals surface area contributed by atoms with Crippen molar-refractivity contribution in [3.63, 3.8) is 0 Å². The number of nitrogens with zero attached hydrogens (tertiary/aromatic N) is 3. The minimum atomic E-state index is -3.64. The lowest BCUT2D eigenvalue weighted by Gasteiger charge is -2.23. The molecular formula is C22H29N3O4S. The third-order valence-electron chi connectivity index (χ3n) is 5.76. The summed E-state index contributed by atoms with van der Waals surface area (Å²) in [5.74, 6) is 0.172. The van der Waals surface area contributed by atoms with Gasteiger partial charge in [0.05, 0.1) is 36.8 Å². The number of rotatable bonds is 9. The number of benzene rings is 1. The molecule has 4 rings (SSSR count). The van der Waals surface area contributed by atoms with Crippen LogP contribution in [0.3, 0.4) is 0 Å². The van der Waals surface area contributed by atoms with Gasteiger partial charge in [-0.05, 0) is 38.2 Å². The van der Waals surface area contributed by atoms with Crippen LogP contribution in [0.4, 0.5) is 0 Å². The van der Waals surface area contributed by atoms with Crippen molar-refractivity contribution >= 4 is 15.7 Å². The average Bonchev–Trinajstić information content (AvgIpc) is 3.31. The van der Waals surface area contributed by atoms with E-state index in [0.717, 1.165) is 36.9 Å². The highest BCUT2D eigenvalue weighted by molar-refractivity contribution is 7.90. The molecule has 2 aromatic rings. The minimum absolute atomic E-state index is 0.0298. The highest BCUT2D eigenvalue weighted by Gasteiger charge is 2.34. The zero-order valence-electron chi connectivity index (χ0n) is 17.4. The monoisotopic (exact) mass is 431 g/mol. The van der Waals surface area contributed by atoms with Gasteiger partial charge in [0.2, 0.25) is 20.9 Å². The number of imidazole rings is 1. The van der Waals surface area contributed by atoms with Crippen LogP contribution in [0.1, 0.15) is 43.9 Å². The summed E-state index contributed by atoms with van der Waals surface area (Å²) >= 11 is 0.